The van der Waals surface area contributed by atoms with Crippen molar-refractivity contribution in [3.63, 3.8) is 0 Å². The van der Waals surface area contributed by atoms with Crippen molar-refractivity contribution in [3.05, 3.63) is 82.8 Å². The van der Waals surface area contributed by atoms with Crippen LogP contribution in [0.25, 0.3) is 16.8 Å². The molecule has 128 valence electrons. The number of hydrogen-bond donors (Lipinski definition) is 1. The Morgan fingerprint density at radius 1 is 0.923 bits per heavy atom. The Labute approximate surface area is 154 Å². The number of rotatable bonds is 4. The first kappa shape index (κ1) is 16.4. The summed E-state index contributed by atoms with van der Waals surface area (Å²) < 4.78 is 6.03. The Bertz CT molecular complexity index is 1040. The fraction of sp³-hybridized carbons (Fsp3) is 0.0476. The fourth-order valence-corrected chi connectivity index (χ4v) is 3.54. The molecule has 4 rings (SSSR count). The summed E-state index contributed by atoms with van der Waals surface area (Å²) in [5.74, 6) is 0.296. The highest BCUT2D eigenvalue weighted by atomic mass is 32.2. The van der Waals surface area contributed by atoms with Gasteiger partial charge in [0.1, 0.15) is 12.4 Å². The Morgan fingerprint density at radius 2 is 1.69 bits per heavy atom. The predicted molar refractivity (Wildman–Crippen MR) is 104 cm³/mol. The van der Waals surface area contributed by atoms with Gasteiger partial charge in [-0.2, -0.15) is 0 Å². The van der Waals surface area contributed by atoms with Crippen molar-refractivity contribution < 1.29 is 14.3 Å². The number of nitrogens with one attached hydrogen (secondary N) is 1. The molecule has 1 heterocycles. The summed E-state index contributed by atoms with van der Waals surface area (Å²) in [6, 6.07) is 21.8. The first-order valence-electron chi connectivity index (χ1n) is 8.14. The lowest BCUT2D eigenvalue weighted by Crippen LogP contribution is -2.17. The SMILES string of the molecule is O=C1NC(=O)/C(=C\c2ccccc2OCc2cccc3ccccc23)S1. The average molecular weight is 361 g/mol. The van der Waals surface area contributed by atoms with Gasteiger partial charge in [0.2, 0.25) is 0 Å². The van der Waals surface area contributed by atoms with Crippen molar-refractivity contribution in [1.29, 1.82) is 0 Å². The largest absolute Gasteiger partial charge is 0.488 e. The maximum Gasteiger partial charge on any atom is 0.290 e. The molecule has 5 heteroatoms. The molecule has 0 atom stereocenters. The van der Waals surface area contributed by atoms with Crippen molar-refractivity contribution in [2.75, 3.05) is 0 Å². The van der Waals surface area contributed by atoms with Crippen LogP contribution in [0.1, 0.15) is 11.1 Å². The number of benzene rings is 3. The second-order valence-electron chi connectivity index (χ2n) is 5.82. The summed E-state index contributed by atoms with van der Waals surface area (Å²) in [5, 5.41) is 4.23. The van der Waals surface area contributed by atoms with E-state index in [1.807, 2.05) is 48.5 Å². The van der Waals surface area contributed by atoms with Crippen LogP contribution in [0.15, 0.2) is 71.6 Å². The maximum absolute atomic E-state index is 11.8. The number of carbonyl (C=O) groups is 2. The third kappa shape index (κ3) is 3.34. The number of carbonyl (C=O) groups excluding carboxylic acids is 2. The van der Waals surface area contributed by atoms with Crippen LogP contribution in [-0.4, -0.2) is 11.1 Å². The molecule has 0 radical (unpaired) electrons. The highest BCUT2D eigenvalue weighted by molar-refractivity contribution is 8.18. The zero-order chi connectivity index (χ0) is 17.9. The number of para-hydroxylation sites is 1. The number of ether oxygens (including phenoxy) is 1. The summed E-state index contributed by atoms with van der Waals surface area (Å²) in [7, 11) is 0. The van der Waals surface area contributed by atoms with Crippen molar-refractivity contribution in [2.24, 2.45) is 0 Å². The molecule has 0 aliphatic carbocycles. The molecule has 1 fully saturated rings. The van der Waals surface area contributed by atoms with Gasteiger partial charge in [0.15, 0.2) is 0 Å². The predicted octanol–water partition coefficient (Wildman–Crippen LogP) is 4.74. The molecule has 1 aliphatic heterocycles. The Morgan fingerprint density at radius 3 is 2.54 bits per heavy atom. The van der Waals surface area contributed by atoms with E-state index in [9.17, 15) is 9.59 Å². The van der Waals surface area contributed by atoms with E-state index in [1.54, 1.807) is 6.08 Å². The van der Waals surface area contributed by atoms with Crippen LogP contribution in [0.3, 0.4) is 0 Å². The number of hydrogen-bond acceptors (Lipinski definition) is 4. The average Bonchev–Trinajstić information content (AvgIpc) is 2.98. The molecule has 1 N–H and O–H groups in total. The molecule has 0 spiro atoms. The lowest BCUT2D eigenvalue weighted by molar-refractivity contribution is -0.115. The molecular weight excluding hydrogens is 346 g/mol. The van der Waals surface area contributed by atoms with Crippen LogP contribution in [0, 0.1) is 0 Å². The van der Waals surface area contributed by atoms with Gasteiger partial charge >= 0.3 is 0 Å². The van der Waals surface area contributed by atoms with E-state index in [-0.39, 0.29) is 11.1 Å². The van der Waals surface area contributed by atoms with Crippen LogP contribution in [-0.2, 0) is 11.4 Å². The van der Waals surface area contributed by atoms with E-state index < -0.39 is 0 Å². The van der Waals surface area contributed by atoms with Gasteiger partial charge < -0.3 is 4.74 Å². The summed E-state index contributed by atoms with van der Waals surface area (Å²) in [6.45, 7) is 0.416. The quantitative estimate of drug-likeness (QED) is 0.682. The molecule has 0 bridgehead atoms. The minimum Gasteiger partial charge on any atom is -0.488 e. The van der Waals surface area contributed by atoms with Gasteiger partial charge in [-0.05, 0) is 40.2 Å². The Balaban J connectivity index is 1.60. The highest BCUT2D eigenvalue weighted by Gasteiger charge is 2.25. The van der Waals surface area contributed by atoms with Gasteiger partial charge in [-0.3, -0.25) is 14.9 Å². The number of amides is 2. The summed E-state index contributed by atoms with van der Waals surface area (Å²) >= 11 is 0.900. The molecule has 0 unspecified atom stereocenters. The van der Waals surface area contributed by atoms with Gasteiger partial charge in [-0.1, -0.05) is 60.7 Å². The van der Waals surface area contributed by atoms with Crippen molar-refractivity contribution in [3.8, 4) is 5.75 Å². The van der Waals surface area contributed by atoms with Crippen LogP contribution in [0.4, 0.5) is 4.79 Å². The van der Waals surface area contributed by atoms with E-state index in [0.29, 0.717) is 17.3 Å². The molecule has 0 saturated carbocycles. The minimum atomic E-state index is -0.371. The Kier molecular flexibility index (Phi) is 4.46. The lowest BCUT2D eigenvalue weighted by atomic mass is 10.1. The minimum absolute atomic E-state index is 0.351. The number of thioether (sulfide) groups is 1. The summed E-state index contributed by atoms with van der Waals surface area (Å²) in [6.07, 6.45) is 1.68. The Hall–Kier alpha value is -3.05. The molecule has 0 aromatic heterocycles. The molecule has 2 amide bonds. The van der Waals surface area contributed by atoms with Gasteiger partial charge in [-0.25, -0.2) is 0 Å². The van der Waals surface area contributed by atoms with E-state index in [1.165, 1.54) is 5.39 Å². The standard InChI is InChI=1S/C21H15NO3S/c23-20-19(26-21(24)22-20)12-15-7-2-4-11-18(15)25-13-16-9-5-8-14-6-1-3-10-17(14)16/h1-12H,13H2,(H,22,23,24)/b19-12+. The second kappa shape index (κ2) is 7.06. The summed E-state index contributed by atoms with van der Waals surface area (Å²) in [4.78, 5) is 23.5. The third-order valence-corrected chi connectivity index (χ3v) is 4.92. The maximum atomic E-state index is 11.8. The molecule has 1 saturated heterocycles. The molecule has 1 aliphatic rings. The van der Waals surface area contributed by atoms with Crippen LogP contribution in [0.5, 0.6) is 5.75 Å². The molecular formula is C21H15NO3S. The smallest absolute Gasteiger partial charge is 0.290 e. The van der Waals surface area contributed by atoms with Crippen LogP contribution >= 0.6 is 11.8 Å². The normalized spacial score (nSPS) is 15.5. The van der Waals surface area contributed by atoms with Crippen molar-refractivity contribution >= 4 is 39.8 Å². The topological polar surface area (TPSA) is 55.4 Å². The van der Waals surface area contributed by atoms with E-state index in [2.05, 4.69) is 23.5 Å². The highest BCUT2D eigenvalue weighted by Crippen LogP contribution is 2.29. The summed E-state index contributed by atoms with van der Waals surface area (Å²) in [5.41, 5.74) is 1.86. The van der Waals surface area contributed by atoms with Gasteiger partial charge in [0.05, 0.1) is 4.91 Å². The molecule has 4 nitrogen and oxygen atoms in total. The van der Waals surface area contributed by atoms with Crippen molar-refractivity contribution in [2.45, 2.75) is 6.61 Å². The zero-order valence-electron chi connectivity index (χ0n) is 13.8. The second-order valence-corrected chi connectivity index (χ2v) is 6.83. The fourth-order valence-electron chi connectivity index (χ4n) is 2.87. The van der Waals surface area contributed by atoms with Crippen LogP contribution < -0.4 is 10.1 Å². The lowest BCUT2D eigenvalue weighted by Gasteiger charge is -2.11. The zero-order valence-corrected chi connectivity index (χ0v) is 14.6. The van der Waals surface area contributed by atoms with Gasteiger partial charge in [-0.15, -0.1) is 0 Å². The van der Waals surface area contributed by atoms with Gasteiger partial charge in [0.25, 0.3) is 11.1 Å². The first-order valence-corrected chi connectivity index (χ1v) is 8.96. The van der Waals surface area contributed by atoms with Crippen LogP contribution in [0.2, 0.25) is 0 Å². The number of fused-ring (bicyclic) bond motifs is 1. The van der Waals surface area contributed by atoms with E-state index in [0.717, 1.165) is 28.3 Å². The van der Waals surface area contributed by atoms with Crippen molar-refractivity contribution in [1.82, 2.24) is 5.32 Å². The van der Waals surface area contributed by atoms with Gasteiger partial charge in [0, 0.05) is 5.56 Å². The molecule has 3 aromatic rings. The van der Waals surface area contributed by atoms with E-state index in [4.69, 9.17) is 4.74 Å². The van der Waals surface area contributed by atoms with E-state index >= 15 is 0 Å². The monoisotopic (exact) mass is 361 g/mol. The third-order valence-electron chi connectivity index (χ3n) is 4.11. The number of imide groups is 1. The molecule has 26 heavy (non-hydrogen) atoms. The first-order chi connectivity index (χ1) is 12.7. The molecule has 3 aromatic carbocycles.